The Morgan fingerprint density at radius 3 is 2.64 bits per heavy atom. The SMILES string of the molecule is CCc1cc(N2CCC(c3nncn3C(C)C)CC2)nc(-c2ccccn2)n1. The molecule has 1 saturated heterocycles. The van der Waals surface area contributed by atoms with Crippen LogP contribution in [0.5, 0.6) is 0 Å². The van der Waals surface area contributed by atoms with Crippen LogP contribution in [0.15, 0.2) is 36.8 Å². The van der Waals surface area contributed by atoms with Crippen LogP contribution < -0.4 is 4.90 Å². The van der Waals surface area contributed by atoms with E-state index in [1.54, 1.807) is 6.20 Å². The summed E-state index contributed by atoms with van der Waals surface area (Å²) in [7, 11) is 0. The molecule has 0 atom stereocenters. The van der Waals surface area contributed by atoms with Gasteiger partial charge in [0.1, 0.15) is 23.7 Å². The molecule has 4 rings (SSSR count). The van der Waals surface area contributed by atoms with E-state index in [1.165, 1.54) is 0 Å². The van der Waals surface area contributed by atoms with Crippen molar-refractivity contribution in [3.8, 4) is 11.5 Å². The van der Waals surface area contributed by atoms with Gasteiger partial charge >= 0.3 is 0 Å². The molecule has 28 heavy (non-hydrogen) atoms. The molecular formula is C21H27N7. The first-order valence-electron chi connectivity index (χ1n) is 10.1. The minimum absolute atomic E-state index is 0.387. The van der Waals surface area contributed by atoms with Gasteiger partial charge in [-0.25, -0.2) is 9.97 Å². The van der Waals surface area contributed by atoms with E-state index >= 15 is 0 Å². The van der Waals surface area contributed by atoms with Crippen LogP contribution in [0.3, 0.4) is 0 Å². The van der Waals surface area contributed by atoms with Gasteiger partial charge in [0, 0.05) is 43.0 Å². The minimum Gasteiger partial charge on any atom is -0.356 e. The van der Waals surface area contributed by atoms with E-state index in [0.29, 0.717) is 17.8 Å². The second-order valence-electron chi connectivity index (χ2n) is 7.56. The molecule has 0 unspecified atom stereocenters. The largest absolute Gasteiger partial charge is 0.356 e. The van der Waals surface area contributed by atoms with Gasteiger partial charge in [0.15, 0.2) is 5.82 Å². The predicted octanol–water partition coefficient (Wildman–Crippen LogP) is 3.66. The normalized spacial score (nSPS) is 15.4. The molecule has 0 N–H and O–H groups in total. The van der Waals surface area contributed by atoms with E-state index in [1.807, 2.05) is 24.5 Å². The molecule has 0 saturated carbocycles. The molecule has 7 nitrogen and oxygen atoms in total. The van der Waals surface area contributed by atoms with E-state index in [9.17, 15) is 0 Å². The van der Waals surface area contributed by atoms with Crippen molar-refractivity contribution in [2.24, 2.45) is 0 Å². The minimum atomic E-state index is 0.387. The molecule has 3 aromatic heterocycles. The number of rotatable bonds is 5. The first kappa shape index (κ1) is 18.5. The fourth-order valence-corrected chi connectivity index (χ4v) is 3.74. The summed E-state index contributed by atoms with van der Waals surface area (Å²) in [5.41, 5.74) is 1.87. The molecule has 0 spiro atoms. The third kappa shape index (κ3) is 3.74. The Morgan fingerprint density at radius 2 is 1.96 bits per heavy atom. The van der Waals surface area contributed by atoms with Gasteiger partial charge in [-0.3, -0.25) is 4.98 Å². The van der Waals surface area contributed by atoms with Crippen LogP contribution in [0.2, 0.25) is 0 Å². The summed E-state index contributed by atoms with van der Waals surface area (Å²) in [6.45, 7) is 8.39. The topological polar surface area (TPSA) is 72.6 Å². The smallest absolute Gasteiger partial charge is 0.180 e. The number of aryl methyl sites for hydroxylation is 1. The van der Waals surface area contributed by atoms with E-state index in [4.69, 9.17) is 4.98 Å². The second-order valence-corrected chi connectivity index (χ2v) is 7.56. The predicted molar refractivity (Wildman–Crippen MR) is 109 cm³/mol. The average molecular weight is 377 g/mol. The highest BCUT2D eigenvalue weighted by molar-refractivity contribution is 5.54. The lowest BCUT2D eigenvalue weighted by atomic mass is 9.95. The summed E-state index contributed by atoms with van der Waals surface area (Å²) in [4.78, 5) is 16.3. The zero-order valence-corrected chi connectivity index (χ0v) is 16.8. The number of hydrogen-bond acceptors (Lipinski definition) is 6. The van der Waals surface area contributed by atoms with Crippen molar-refractivity contribution in [3.63, 3.8) is 0 Å². The van der Waals surface area contributed by atoms with Crippen LogP contribution in [0.25, 0.3) is 11.5 Å². The number of aromatic nitrogens is 6. The monoisotopic (exact) mass is 377 g/mol. The van der Waals surface area contributed by atoms with Crippen molar-refractivity contribution in [2.75, 3.05) is 18.0 Å². The molecule has 1 aliphatic heterocycles. The highest BCUT2D eigenvalue weighted by atomic mass is 15.3. The van der Waals surface area contributed by atoms with Crippen molar-refractivity contribution >= 4 is 5.82 Å². The van der Waals surface area contributed by atoms with E-state index < -0.39 is 0 Å². The summed E-state index contributed by atoms with van der Waals surface area (Å²) in [6.07, 6.45) is 6.62. The van der Waals surface area contributed by atoms with Crippen molar-refractivity contribution < 1.29 is 0 Å². The molecular weight excluding hydrogens is 350 g/mol. The molecule has 1 aliphatic rings. The first-order chi connectivity index (χ1) is 13.7. The van der Waals surface area contributed by atoms with Gasteiger partial charge in [0.2, 0.25) is 0 Å². The fraction of sp³-hybridized carbons (Fsp3) is 0.476. The fourth-order valence-electron chi connectivity index (χ4n) is 3.74. The van der Waals surface area contributed by atoms with Gasteiger partial charge in [-0.2, -0.15) is 0 Å². The lowest BCUT2D eigenvalue weighted by Crippen LogP contribution is -2.34. The summed E-state index contributed by atoms with van der Waals surface area (Å²) < 4.78 is 2.19. The highest BCUT2D eigenvalue weighted by Crippen LogP contribution is 2.30. The molecule has 0 radical (unpaired) electrons. The molecule has 0 bridgehead atoms. The van der Waals surface area contributed by atoms with Crippen molar-refractivity contribution in [1.82, 2.24) is 29.7 Å². The summed E-state index contributed by atoms with van der Waals surface area (Å²) in [5, 5.41) is 8.54. The third-order valence-corrected chi connectivity index (χ3v) is 5.36. The number of pyridine rings is 1. The van der Waals surface area contributed by atoms with Crippen LogP contribution >= 0.6 is 0 Å². The molecule has 3 aromatic rings. The van der Waals surface area contributed by atoms with Crippen LogP contribution in [0, 0.1) is 0 Å². The van der Waals surface area contributed by atoms with Gasteiger partial charge < -0.3 is 9.47 Å². The van der Waals surface area contributed by atoms with Crippen molar-refractivity contribution in [1.29, 1.82) is 0 Å². The van der Waals surface area contributed by atoms with Gasteiger partial charge in [-0.15, -0.1) is 10.2 Å². The van der Waals surface area contributed by atoms with Crippen LogP contribution in [-0.4, -0.2) is 42.8 Å². The Morgan fingerprint density at radius 1 is 1.14 bits per heavy atom. The van der Waals surface area contributed by atoms with Gasteiger partial charge in [-0.05, 0) is 45.2 Å². The van der Waals surface area contributed by atoms with Gasteiger partial charge in [-0.1, -0.05) is 13.0 Å². The molecule has 4 heterocycles. The van der Waals surface area contributed by atoms with Crippen LogP contribution in [-0.2, 0) is 6.42 Å². The van der Waals surface area contributed by atoms with Gasteiger partial charge in [0.25, 0.3) is 0 Å². The average Bonchev–Trinajstić information content (AvgIpc) is 3.24. The summed E-state index contributed by atoms with van der Waals surface area (Å²) in [6, 6.07) is 8.35. The lowest BCUT2D eigenvalue weighted by Gasteiger charge is -2.33. The Balaban J connectivity index is 1.54. The Hall–Kier alpha value is -2.83. The van der Waals surface area contributed by atoms with Crippen LogP contribution in [0.4, 0.5) is 5.82 Å². The maximum absolute atomic E-state index is 4.83. The number of hydrogen-bond donors (Lipinski definition) is 0. The Labute approximate surface area is 165 Å². The quantitative estimate of drug-likeness (QED) is 0.676. The van der Waals surface area contributed by atoms with E-state index in [2.05, 4.69) is 56.5 Å². The van der Waals surface area contributed by atoms with Gasteiger partial charge in [0.05, 0.1) is 0 Å². The third-order valence-electron chi connectivity index (χ3n) is 5.36. The maximum Gasteiger partial charge on any atom is 0.180 e. The summed E-state index contributed by atoms with van der Waals surface area (Å²) >= 11 is 0. The summed E-state index contributed by atoms with van der Waals surface area (Å²) in [5.74, 6) is 3.26. The van der Waals surface area contributed by atoms with E-state index in [-0.39, 0.29) is 0 Å². The number of nitrogens with zero attached hydrogens (tertiary/aromatic N) is 7. The highest BCUT2D eigenvalue weighted by Gasteiger charge is 2.26. The number of piperidine rings is 1. The molecule has 7 heteroatoms. The second kappa shape index (κ2) is 8.04. The van der Waals surface area contributed by atoms with Crippen LogP contribution in [0.1, 0.15) is 57.1 Å². The van der Waals surface area contributed by atoms with Crippen molar-refractivity contribution in [2.45, 2.75) is 52.0 Å². The van der Waals surface area contributed by atoms with E-state index in [0.717, 1.165) is 55.4 Å². The maximum atomic E-state index is 4.83. The Kier molecular flexibility index (Phi) is 5.32. The standard InChI is InChI=1S/C21H27N7/c1-4-17-13-19(25-20(24-17)18-7-5-6-10-22-18)27-11-8-16(9-12-27)21-26-23-14-28(21)15(2)3/h5-7,10,13-16H,4,8-9,11-12H2,1-3H3. The van der Waals surface area contributed by atoms with Crippen molar-refractivity contribution in [3.05, 3.63) is 48.3 Å². The Bertz CT molecular complexity index is 912. The zero-order chi connectivity index (χ0) is 19.5. The molecule has 0 aliphatic carbocycles. The molecule has 0 aromatic carbocycles. The first-order valence-corrected chi connectivity index (χ1v) is 10.1. The molecule has 0 amide bonds. The number of anilines is 1. The molecule has 146 valence electrons. The zero-order valence-electron chi connectivity index (χ0n) is 16.8. The molecule has 1 fully saturated rings. The lowest BCUT2D eigenvalue weighted by molar-refractivity contribution is 0.447.